The van der Waals surface area contributed by atoms with Crippen molar-refractivity contribution in [3.8, 4) is 0 Å². The Balaban J connectivity index is 1.54. The molecule has 0 saturated heterocycles. The average Bonchev–Trinajstić information content (AvgIpc) is 2.90. The van der Waals surface area contributed by atoms with Crippen LogP contribution < -0.4 is 5.32 Å². The molecule has 4 rings (SSSR count). The minimum atomic E-state index is -0.0352. The van der Waals surface area contributed by atoms with Gasteiger partial charge in [-0.2, -0.15) is 0 Å². The van der Waals surface area contributed by atoms with Crippen molar-refractivity contribution < 1.29 is 10.2 Å². The molecule has 4 aliphatic rings. The van der Waals surface area contributed by atoms with Crippen molar-refractivity contribution in [2.75, 3.05) is 13.2 Å². The quantitative estimate of drug-likeness (QED) is 0.741. The topological polar surface area (TPSA) is 52.5 Å². The van der Waals surface area contributed by atoms with E-state index < -0.39 is 0 Å². The van der Waals surface area contributed by atoms with Gasteiger partial charge in [-0.25, -0.2) is 0 Å². The zero-order valence-electron chi connectivity index (χ0n) is 15.6. The van der Waals surface area contributed by atoms with Crippen LogP contribution in [-0.2, 0) is 0 Å². The first kappa shape index (κ1) is 17.3. The Morgan fingerprint density at radius 3 is 2.46 bits per heavy atom. The Hall–Kier alpha value is -0.120. The van der Waals surface area contributed by atoms with Crippen LogP contribution >= 0.6 is 0 Å². The Kier molecular flexibility index (Phi) is 4.50. The molecule has 0 aromatic heterocycles. The number of aliphatic hydroxyl groups is 2. The minimum Gasteiger partial charge on any atom is -0.395 e. The van der Waals surface area contributed by atoms with E-state index >= 15 is 0 Å². The zero-order valence-corrected chi connectivity index (χ0v) is 15.6. The van der Waals surface area contributed by atoms with Gasteiger partial charge in [0.15, 0.2) is 0 Å². The van der Waals surface area contributed by atoms with Crippen LogP contribution in [0.5, 0.6) is 0 Å². The SMILES string of the molecule is C[C@]12CC[C@@H](O)C[C@@H]1CC[C@@H]1[C@@H]2CC[C@]2(C)[C@@H](NCCO)CC[C@@H]12. The van der Waals surface area contributed by atoms with E-state index in [0.29, 0.717) is 16.9 Å². The van der Waals surface area contributed by atoms with Gasteiger partial charge >= 0.3 is 0 Å². The molecule has 0 bridgehead atoms. The van der Waals surface area contributed by atoms with Crippen LogP contribution in [0.4, 0.5) is 0 Å². The maximum atomic E-state index is 10.1. The molecule has 24 heavy (non-hydrogen) atoms. The number of hydrogen-bond acceptors (Lipinski definition) is 3. The lowest BCUT2D eigenvalue weighted by Crippen LogP contribution is -2.55. The summed E-state index contributed by atoms with van der Waals surface area (Å²) in [7, 11) is 0. The highest BCUT2D eigenvalue weighted by molar-refractivity contribution is 5.10. The van der Waals surface area contributed by atoms with Gasteiger partial charge in [0.1, 0.15) is 0 Å². The third-order valence-electron chi connectivity index (χ3n) is 9.14. The predicted octanol–water partition coefficient (Wildman–Crippen LogP) is 3.34. The second-order valence-corrected chi connectivity index (χ2v) is 9.94. The van der Waals surface area contributed by atoms with Crippen LogP contribution in [-0.4, -0.2) is 35.5 Å². The largest absolute Gasteiger partial charge is 0.395 e. The second-order valence-electron chi connectivity index (χ2n) is 9.94. The van der Waals surface area contributed by atoms with Gasteiger partial charge in [-0.1, -0.05) is 13.8 Å². The monoisotopic (exact) mass is 335 g/mol. The first-order chi connectivity index (χ1) is 11.5. The molecule has 3 heteroatoms. The fraction of sp³-hybridized carbons (Fsp3) is 1.00. The van der Waals surface area contributed by atoms with Crippen LogP contribution in [0.15, 0.2) is 0 Å². The average molecular weight is 336 g/mol. The molecule has 0 radical (unpaired) electrons. The summed E-state index contributed by atoms with van der Waals surface area (Å²) in [5.41, 5.74) is 0.924. The van der Waals surface area contributed by atoms with Crippen molar-refractivity contribution in [3.63, 3.8) is 0 Å². The van der Waals surface area contributed by atoms with E-state index in [9.17, 15) is 10.2 Å². The molecule has 0 spiro atoms. The molecule has 0 aliphatic heterocycles. The second kappa shape index (κ2) is 6.25. The van der Waals surface area contributed by atoms with E-state index in [1.54, 1.807) is 0 Å². The highest BCUT2D eigenvalue weighted by Crippen LogP contribution is 2.66. The smallest absolute Gasteiger partial charge is 0.0556 e. The van der Waals surface area contributed by atoms with Crippen molar-refractivity contribution in [3.05, 3.63) is 0 Å². The first-order valence-corrected chi connectivity index (χ1v) is 10.5. The van der Waals surface area contributed by atoms with E-state index in [4.69, 9.17) is 0 Å². The van der Waals surface area contributed by atoms with Crippen LogP contribution in [0.3, 0.4) is 0 Å². The number of hydrogen-bond donors (Lipinski definition) is 3. The van der Waals surface area contributed by atoms with Crippen molar-refractivity contribution in [1.29, 1.82) is 0 Å². The predicted molar refractivity (Wildman–Crippen MR) is 96.6 cm³/mol. The third kappa shape index (κ3) is 2.49. The summed E-state index contributed by atoms with van der Waals surface area (Å²) in [4.78, 5) is 0. The van der Waals surface area contributed by atoms with Crippen molar-refractivity contribution in [2.24, 2.45) is 34.5 Å². The van der Waals surface area contributed by atoms with Crippen LogP contribution in [0.2, 0.25) is 0 Å². The molecule has 8 atom stereocenters. The Bertz CT molecular complexity index is 469. The number of nitrogens with one attached hydrogen (secondary N) is 1. The Labute approximate surface area is 147 Å². The van der Waals surface area contributed by atoms with Crippen LogP contribution in [0.1, 0.15) is 71.6 Å². The lowest BCUT2D eigenvalue weighted by atomic mass is 9.45. The fourth-order valence-electron chi connectivity index (χ4n) is 7.81. The summed E-state index contributed by atoms with van der Waals surface area (Å²) in [5, 5.41) is 23.0. The Morgan fingerprint density at radius 2 is 1.67 bits per heavy atom. The summed E-state index contributed by atoms with van der Waals surface area (Å²) < 4.78 is 0. The standard InChI is InChI=1S/C21H37NO2/c1-20-9-7-15(24)13-14(20)3-4-16-17-5-6-19(22-11-12-23)21(17,2)10-8-18(16)20/h14-19,22-24H,3-13H2,1-2H3/t14-,15+,16-,17-,18-,19-,20-,21-/m0/s1. The van der Waals surface area contributed by atoms with Crippen molar-refractivity contribution >= 4 is 0 Å². The highest BCUT2D eigenvalue weighted by Gasteiger charge is 2.59. The summed E-state index contributed by atoms with van der Waals surface area (Å²) in [5.74, 6) is 3.42. The van der Waals surface area contributed by atoms with E-state index in [1.165, 1.54) is 44.9 Å². The Morgan fingerprint density at radius 1 is 0.917 bits per heavy atom. The molecule has 138 valence electrons. The molecular formula is C21H37NO2. The van der Waals surface area contributed by atoms with Crippen LogP contribution in [0.25, 0.3) is 0 Å². The lowest BCUT2D eigenvalue weighted by molar-refractivity contribution is -0.123. The third-order valence-corrected chi connectivity index (χ3v) is 9.14. The molecule has 3 N–H and O–H groups in total. The molecule has 0 amide bonds. The molecule has 4 aliphatic carbocycles. The summed E-state index contributed by atoms with van der Waals surface area (Å²) in [6, 6.07) is 0.606. The van der Waals surface area contributed by atoms with Gasteiger partial charge in [0, 0.05) is 12.6 Å². The van der Waals surface area contributed by atoms with Crippen LogP contribution in [0, 0.1) is 34.5 Å². The van der Waals surface area contributed by atoms with Gasteiger partial charge in [-0.05, 0) is 92.3 Å². The molecule has 0 aromatic carbocycles. The molecule has 0 heterocycles. The van der Waals surface area contributed by atoms with Gasteiger partial charge in [-0.15, -0.1) is 0 Å². The number of rotatable bonds is 3. The van der Waals surface area contributed by atoms with E-state index in [0.717, 1.165) is 43.1 Å². The summed E-state index contributed by atoms with van der Waals surface area (Å²) >= 11 is 0. The maximum Gasteiger partial charge on any atom is 0.0556 e. The first-order valence-electron chi connectivity index (χ1n) is 10.5. The number of aliphatic hydroxyl groups excluding tert-OH is 2. The highest BCUT2D eigenvalue weighted by atomic mass is 16.3. The number of fused-ring (bicyclic) bond motifs is 5. The summed E-state index contributed by atoms with van der Waals surface area (Å²) in [6.07, 6.45) is 11.4. The van der Waals surface area contributed by atoms with Crippen molar-refractivity contribution in [2.45, 2.75) is 83.8 Å². The lowest BCUT2D eigenvalue weighted by Gasteiger charge is -2.61. The molecule has 4 fully saturated rings. The maximum absolute atomic E-state index is 10.1. The minimum absolute atomic E-state index is 0.0352. The van der Waals surface area contributed by atoms with E-state index in [-0.39, 0.29) is 12.7 Å². The molecule has 3 nitrogen and oxygen atoms in total. The van der Waals surface area contributed by atoms with Gasteiger partial charge in [0.25, 0.3) is 0 Å². The van der Waals surface area contributed by atoms with Crippen molar-refractivity contribution in [1.82, 2.24) is 5.32 Å². The van der Waals surface area contributed by atoms with Gasteiger partial charge in [-0.3, -0.25) is 0 Å². The van der Waals surface area contributed by atoms with Gasteiger partial charge < -0.3 is 15.5 Å². The molecule has 0 aromatic rings. The fourth-order valence-corrected chi connectivity index (χ4v) is 7.81. The zero-order chi connectivity index (χ0) is 16.9. The van der Waals surface area contributed by atoms with Gasteiger partial charge in [0.05, 0.1) is 12.7 Å². The van der Waals surface area contributed by atoms with E-state index in [1.807, 2.05) is 0 Å². The summed E-state index contributed by atoms with van der Waals surface area (Å²) in [6.45, 7) is 6.11. The van der Waals surface area contributed by atoms with Gasteiger partial charge in [0.2, 0.25) is 0 Å². The normalized spacial score (nSPS) is 54.0. The molecular weight excluding hydrogens is 298 g/mol. The molecule has 4 saturated carbocycles. The van der Waals surface area contributed by atoms with E-state index in [2.05, 4.69) is 19.2 Å². The molecule has 0 unspecified atom stereocenters.